The number of hydrogen-bond acceptors (Lipinski definition) is 3. The van der Waals surface area contributed by atoms with E-state index in [1.54, 1.807) is 6.20 Å². The number of hydrogen-bond donors (Lipinski definition) is 0. The van der Waals surface area contributed by atoms with E-state index in [4.69, 9.17) is 5.26 Å². The topological polar surface area (TPSA) is 39.9 Å². The van der Waals surface area contributed by atoms with E-state index < -0.39 is 0 Å². The molecule has 3 heteroatoms. The van der Waals surface area contributed by atoms with Gasteiger partial charge >= 0.3 is 0 Å². The van der Waals surface area contributed by atoms with Gasteiger partial charge in [0, 0.05) is 25.2 Å². The van der Waals surface area contributed by atoms with E-state index in [1.165, 1.54) is 0 Å². The maximum absolute atomic E-state index is 9.15. The molecule has 1 aromatic carbocycles. The highest BCUT2D eigenvalue weighted by atomic mass is 15.1. The van der Waals surface area contributed by atoms with Crippen molar-refractivity contribution in [2.45, 2.75) is 0 Å². The van der Waals surface area contributed by atoms with E-state index in [9.17, 15) is 0 Å². The summed E-state index contributed by atoms with van der Waals surface area (Å²) in [6.07, 6.45) is 3.44. The second-order valence-corrected chi connectivity index (χ2v) is 3.82. The first-order valence-electron chi connectivity index (χ1n) is 5.37. The number of para-hydroxylation sites is 1. The minimum Gasteiger partial charge on any atom is -0.369 e. The van der Waals surface area contributed by atoms with Crippen LogP contribution < -0.4 is 4.90 Å². The van der Waals surface area contributed by atoms with Crippen LogP contribution in [0.5, 0.6) is 0 Å². The van der Waals surface area contributed by atoms with Crippen molar-refractivity contribution in [3.63, 3.8) is 0 Å². The zero-order valence-corrected chi connectivity index (χ0v) is 9.72. The highest BCUT2D eigenvalue weighted by Crippen LogP contribution is 2.28. The molecule has 2 aromatic rings. The Hall–Kier alpha value is -2.34. The van der Waals surface area contributed by atoms with E-state index in [1.807, 2.05) is 42.3 Å². The molecule has 1 heterocycles. The van der Waals surface area contributed by atoms with Gasteiger partial charge in [-0.1, -0.05) is 24.3 Å². The lowest BCUT2D eigenvalue weighted by molar-refractivity contribution is 1.03. The minimum atomic E-state index is 0.591. The van der Waals surface area contributed by atoms with Crippen LogP contribution >= 0.6 is 0 Å². The van der Waals surface area contributed by atoms with Crippen molar-refractivity contribution in [1.82, 2.24) is 4.98 Å². The van der Waals surface area contributed by atoms with Gasteiger partial charge in [0.25, 0.3) is 0 Å². The fourth-order valence-corrected chi connectivity index (χ4v) is 1.90. The Balaban J connectivity index is 2.72. The van der Waals surface area contributed by atoms with Crippen molar-refractivity contribution in [3.05, 3.63) is 48.7 Å². The first-order valence-corrected chi connectivity index (χ1v) is 5.37. The minimum absolute atomic E-state index is 0.591. The summed E-state index contributed by atoms with van der Waals surface area (Å²) in [6, 6.07) is 10.0. The van der Waals surface area contributed by atoms with Crippen molar-refractivity contribution in [2.24, 2.45) is 0 Å². The summed E-state index contributed by atoms with van der Waals surface area (Å²) >= 11 is 0. The SMILES string of the molecule is C=CCN(C)c1c(C#N)cnc2ccccc12. The lowest BCUT2D eigenvalue weighted by Crippen LogP contribution is -2.18. The van der Waals surface area contributed by atoms with Gasteiger partial charge in [-0.3, -0.25) is 4.98 Å². The number of pyridine rings is 1. The molecule has 17 heavy (non-hydrogen) atoms. The van der Waals surface area contributed by atoms with Crippen LogP contribution in [0, 0.1) is 11.3 Å². The molecule has 0 spiro atoms. The summed E-state index contributed by atoms with van der Waals surface area (Å²) in [5.41, 5.74) is 2.41. The number of benzene rings is 1. The molecule has 0 aliphatic carbocycles. The Bertz CT molecular complexity index is 596. The zero-order valence-electron chi connectivity index (χ0n) is 9.72. The van der Waals surface area contributed by atoms with E-state index in [0.717, 1.165) is 16.6 Å². The largest absolute Gasteiger partial charge is 0.369 e. The Labute approximate surface area is 101 Å². The first kappa shape index (κ1) is 11.2. The van der Waals surface area contributed by atoms with Crippen molar-refractivity contribution in [2.75, 3.05) is 18.5 Å². The van der Waals surface area contributed by atoms with Crippen molar-refractivity contribution in [1.29, 1.82) is 5.26 Å². The van der Waals surface area contributed by atoms with E-state index in [2.05, 4.69) is 17.6 Å². The Morgan fingerprint density at radius 2 is 2.24 bits per heavy atom. The molecule has 0 fully saturated rings. The van der Waals surface area contributed by atoms with E-state index >= 15 is 0 Å². The molecule has 0 radical (unpaired) electrons. The lowest BCUT2D eigenvalue weighted by Gasteiger charge is -2.20. The molecule has 2 rings (SSSR count). The van der Waals surface area contributed by atoms with Crippen LogP contribution in [-0.4, -0.2) is 18.6 Å². The van der Waals surface area contributed by atoms with Gasteiger partial charge in [-0.25, -0.2) is 0 Å². The zero-order chi connectivity index (χ0) is 12.3. The fraction of sp³-hybridized carbons (Fsp3) is 0.143. The molecule has 0 bridgehead atoms. The van der Waals surface area contributed by atoms with Crippen LogP contribution in [0.4, 0.5) is 5.69 Å². The van der Waals surface area contributed by atoms with Gasteiger partial charge in [0.15, 0.2) is 0 Å². The van der Waals surface area contributed by atoms with Gasteiger partial charge in [-0.15, -0.1) is 6.58 Å². The van der Waals surface area contributed by atoms with Gasteiger partial charge in [0.05, 0.1) is 16.8 Å². The predicted octanol–water partition coefficient (Wildman–Crippen LogP) is 2.73. The molecular weight excluding hydrogens is 210 g/mol. The summed E-state index contributed by atoms with van der Waals surface area (Å²) in [7, 11) is 1.95. The number of anilines is 1. The van der Waals surface area contributed by atoms with Crippen molar-refractivity contribution < 1.29 is 0 Å². The second kappa shape index (κ2) is 4.67. The Morgan fingerprint density at radius 3 is 2.94 bits per heavy atom. The standard InChI is InChI=1S/C14H13N3/c1-3-8-17(2)14-11(9-15)10-16-13-7-5-4-6-12(13)14/h3-7,10H,1,8H2,2H3. The Morgan fingerprint density at radius 1 is 1.47 bits per heavy atom. The number of fused-ring (bicyclic) bond motifs is 1. The van der Waals surface area contributed by atoms with Crippen LogP contribution in [0.2, 0.25) is 0 Å². The number of nitriles is 1. The molecule has 0 aliphatic heterocycles. The highest BCUT2D eigenvalue weighted by molar-refractivity contribution is 5.94. The van der Waals surface area contributed by atoms with Gasteiger partial charge in [-0.2, -0.15) is 5.26 Å². The summed E-state index contributed by atoms with van der Waals surface area (Å²) in [4.78, 5) is 6.29. The smallest absolute Gasteiger partial charge is 0.103 e. The summed E-state index contributed by atoms with van der Waals surface area (Å²) in [6.45, 7) is 4.42. The lowest BCUT2D eigenvalue weighted by atomic mass is 10.1. The summed E-state index contributed by atoms with van der Waals surface area (Å²) < 4.78 is 0. The molecule has 0 aliphatic rings. The maximum Gasteiger partial charge on any atom is 0.103 e. The molecule has 0 atom stereocenters. The quantitative estimate of drug-likeness (QED) is 0.751. The molecular formula is C14H13N3. The van der Waals surface area contributed by atoms with Crippen LogP contribution in [0.1, 0.15) is 5.56 Å². The van der Waals surface area contributed by atoms with E-state index in [-0.39, 0.29) is 0 Å². The first-order chi connectivity index (χ1) is 8.27. The van der Waals surface area contributed by atoms with Crippen molar-refractivity contribution in [3.8, 4) is 6.07 Å². The molecule has 0 N–H and O–H groups in total. The maximum atomic E-state index is 9.15. The van der Waals surface area contributed by atoms with Gasteiger partial charge in [-0.05, 0) is 6.07 Å². The normalized spacial score (nSPS) is 9.88. The van der Waals surface area contributed by atoms with Crippen LogP contribution in [0.3, 0.4) is 0 Å². The van der Waals surface area contributed by atoms with Gasteiger partial charge < -0.3 is 4.90 Å². The van der Waals surface area contributed by atoms with E-state index in [0.29, 0.717) is 12.1 Å². The second-order valence-electron chi connectivity index (χ2n) is 3.82. The van der Waals surface area contributed by atoms with Gasteiger partial charge in [0.1, 0.15) is 6.07 Å². The summed E-state index contributed by atoms with van der Waals surface area (Å²) in [5, 5.41) is 10.1. The number of likely N-dealkylation sites (N-methyl/N-ethyl adjacent to an activating group) is 1. The average molecular weight is 223 g/mol. The summed E-state index contributed by atoms with van der Waals surface area (Å²) in [5.74, 6) is 0. The van der Waals surface area contributed by atoms with Crippen LogP contribution in [0.25, 0.3) is 10.9 Å². The molecule has 84 valence electrons. The van der Waals surface area contributed by atoms with Crippen LogP contribution in [-0.2, 0) is 0 Å². The predicted molar refractivity (Wildman–Crippen MR) is 69.9 cm³/mol. The van der Waals surface area contributed by atoms with Crippen LogP contribution in [0.15, 0.2) is 43.1 Å². The molecule has 0 unspecified atom stereocenters. The highest BCUT2D eigenvalue weighted by Gasteiger charge is 2.11. The number of rotatable bonds is 3. The third-order valence-corrected chi connectivity index (χ3v) is 2.65. The Kier molecular flexibility index (Phi) is 3.06. The third-order valence-electron chi connectivity index (χ3n) is 2.65. The van der Waals surface area contributed by atoms with Crippen molar-refractivity contribution >= 4 is 16.6 Å². The molecule has 3 nitrogen and oxygen atoms in total. The molecule has 0 saturated carbocycles. The fourth-order valence-electron chi connectivity index (χ4n) is 1.90. The molecule has 1 aromatic heterocycles. The molecule has 0 saturated heterocycles. The molecule has 0 amide bonds. The number of nitrogens with zero attached hydrogens (tertiary/aromatic N) is 3. The van der Waals surface area contributed by atoms with Gasteiger partial charge in [0.2, 0.25) is 0 Å². The monoisotopic (exact) mass is 223 g/mol. The third kappa shape index (κ3) is 1.98. The average Bonchev–Trinajstić information content (AvgIpc) is 2.37. The number of aromatic nitrogens is 1.